The maximum absolute atomic E-state index is 11.3. The zero-order chi connectivity index (χ0) is 20.0. The van der Waals surface area contributed by atoms with Crippen LogP contribution in [0, 0.1) is 0 Å². The van der Waals surface area contributed by atoms with E-state index in [1.165, 1.54) is 4.63 Å². The Labute approximate surface area is 167 Å². The average Bonchev–Trinajstić information content (AvgIpc) is 3.02. The van der Waals surface area contributed by atoms with Crippen molar-refractivity contribution in [1.29, 1.82) is 0 Å². The van der Waals surface area contributed by atoms with Crippen molar-refractivity contribution in [2.24, 2.45) is 0 Å². The summed E-state index contributed by atoms with van der Waals surface area (Å²) in [6.07, 6.45) is 4.17. The van der Waals surface area contributed by atoms with Gasteiger partial charge < -0.3 is 15.5 Å². The molecule has 0 aromatic carbocycles. The molecule has 6 nitrogen and oxygen atoms in total. The minimum atomic E-state index is -1.67. The monoisotopic (exact) mass is 411 g/mol. The molecular weight excluding hydrogens is 378 g/mol. The van der Waals surface area contributed by atoms with E-state index < -0.39 is 19.8 Å². The summed E-state index contributed by atoms with van der Waals surface area (Å²) < 4.78 is 1.22. The van der Waals surface area contributed by atoms with Crippen LogP contribution in [0.3, 0.4) is 0 Å². The van der Waals surface area contributed by atoms with Gasteiger partial charge in [0.15, 0.2) is 0 Å². The first kappa shape index (κ1) is 20.8. The molecule has 2 aliphatic rings. The van der Waals surface area contributed by atoms with E-state index in [2.05, 4.69) is 44.1 Å². The Morgan fingerprint density at radius 2 is 1.93 bits per heavy atom. The van der Waals surface area contributed by atoms with Crippen LogP contribution in [0.4, 0.5) is 4.79 Å². The van der Waals surface area contributed by atoms with Crippen LogP contribution in [0.1, 0.15) is 51.3 Å². The van der Waals surface area contributed by atoms with Crippen molar-refractivity contribution in [3.8, 4) is 0 Å². The first-order chi connectivity index (χ1) is 12.4. The number of thiazole rings is 1. The van der Waals surface area contributed by atoms with Gasteiger partial charge in [-0.3, -0.25) is 9.88 Å². The fraction of sp³-hybridized carbons (Fsp3) is 0.789. The highest BCUT2D eigenvalue weighted by Gasteiger charge is 2.44. The Morgan fingerprint density at radius 3 is 2.44 bits per heavy atom. The number of carboxylic acid groups (broad SMARTS) is 1. The van der Waals surface area contributed by atoms with Gasteiger partial charge in [0.2, 0.25) is 0 Å². The number of amides is 1. The first-order valence-electron chi connectivity index (χ1n) is 9.85. The molecule has 0 spiro atoms. The lowest BCUT2D eigenvalue weighted by molar-refractivity contribution is -0.0453. The maximum atomic E-state index is 11.3. The third kappa shape index (κ3) is 4.08. The molecule has 1 aliphatic heterocycles. The Kier molecular flexibility index (Phi) is 5.48. The molecule has 27 heavy (non-hydrogen) atoms. The van der Waals surface area contributed by atoms with Gasteiger partial charge in [-0.05, 0) is 30.7 Å². The van der Waals surface area contributed by atoms with E-state index in [0.29, 0.717) is 6.04 Å². The highest BCUT2D eigenvalue weighted by molar-refractivity contribution is 7.26. The van der Waals surface area contributed by atoms with Crippen molar-refractivity contribution in [1.82, 2.24) is 15.2 Å². The number of nitrogens with zero attached hydrogens (tertiary/aromatic N) is 2. The van der Waals surface area contributed by atoms with Crippen molar-refractivity contribution >= 4 is 30.1 Å². The van der Waals surface area contributed by atoms with Crippen molar-refractivity contribution in [2.75, 3.05) is 13.1 Å². The number of rotatable bonds is 4. The van der Waals surface area contributed by atoms with Crippen LogP contribution >= 0.6 is 11.3 Å². The predicted octanol–water partition coefficient (Wildman–Crippen LogP) is 2.94. The quantitative estimate of drug-likeness (QED) is 0.663. The van der Waals surface area contributed by atoms with Crippen LogP contribution in [0.5, 0.6) is 0 Å². The standard InChI is InChI=1S/C19H33N3O3SSi/c1-18(2,3)27(4,5)17-20-12-15(26-17)19(25)6-8-22(9-7-19)14-10-13(11-14)21-16(23)24/h12-14,21,25H,6-11H2,1-5H3,(H,23,24). The van der Waals surface area contributed by atoms with Gasteiger partial charge in [0, 0.05) is 31.4 Å². The number of piperidine rings is 1. The van der Waals surface area contributed by atoms with Gasteiger partial charge in [-0.1, -0.05) is 33.9 Å². The minimum absolute atomic E-state index is 0.0851. The van der Waals surface area contributed by atoms with Gasteiger partial charge in [-0.25, -0.2) is 4.79 Å². The third-order valence-electron chi connectivity index (χ3n) is 6.96. The molecule has 0 radical (unpaired) electrons. The topological polar surface area (TPSA) is 85.7 Å². The van der Waals surface area contributed by atoms with Crippen LogP contribution in [-0.4, -0.2) is 59.4 Å². The molecule has 0 bridgehead atoms. The second-order valence-corrected chi connectivity index (χ2v) is 16.4. The minimum Gasteiger partial charge on any atom is -0.465 e. The second kappa shape index (κ2) is 7.13. The van der Waals surface area contributed by atoms with Crippen LogP contribution in [-0.2, 0) is 5.60 Å². The zero-order valence-corrected chi connectivity index (χ0v) is 18.9. The molecule has 1 saturated carbocycles. The number of nitrogens with one attached hydrogen (secondary N) is 1. The summed E-state index contributed by atoms with van der Waals surface area (Å²) in [6, 6.07) is 0.526. The number of likely N-dealkylation sites (tertiary alicyclic amines) is 1. The van der Waals surface area contributed by atoms with Gasteiger partial charge in [0.1, 0.15) is 13.7 Å². The Balaban J connectivity index is 1.60. The fourth-order valence-corrected chi connectivity index (χ4v) is 7.89. The molecule has 152 valence electrons. The van der Waals surface area contributed by atoms with Crippen LogP contribution < -0.4 is 9.95 Å². The number of hydrogen-bond acceptors (Lipinski definition) is 5. The second-order valence-electron chi connectivity index (χ2n) is 9.74. The molecule has 1 aromatic heterocycles. The average molecular weight is 412 g/mol. The summed E-state index contributed by atoms with van der Waals surface area (Å²) in [4.78, 5) is 18.9. The van der Waals surface area contributed by atoms with Gasteiger partial charge in [0.05, 0.1) is 9.51 Å². The number of aromatic nitrogens is 1. The van der Waals surface area contributed by atoms with Crippen molar-refractivity contribution in [3.05, 3.63) is 11.1 Å². The summed E-state index contributed by atoms with van der Waals surface area (Å²) >= 11 is 1.72. The predicted molar refractivity (Wildman–Crippen MR) is 112 cm³/mol. The molecule has 0 unspecified atom stereocenters. The molecule has 1 aliphatic carbocycles. The van der Waals surface area contributed by atoms with Crippen molar-refractivity contribution < 1.29 is 15.0 Å². The summed E-state index contributed by atoms with van der Waals surface area (Å²) in [6.45, 7) is 13.3. The molecule has 1 saturated heterocycles. The van der Waals surface area contributed by atoms with Crippen LogP contribution in [0.25, 0.3) is 0 Å². The van der Waals surface area contributed by atoms with E-state index in [0.717, 1.165) is 43.6 Å². The Bertz CT molecular complexity index is 687. The summed E-state index contributed by atoms with van der Waals surface area (Å²) in [5.41, 5.74) is -0.767. The Morgan fingerprint density at radius 1 is 1.33 bits per heavy atom. The highest BCUT2D eigenvalue weighted by Crippen LogP contribution is 2.40. The van der Waals surface area contributed by atoms with Crippen molar-refractivity contribution in [3.63, 3.8) is 0 Å². The molecule has 1 aromatic rings. The van der Waals surface area contributed by atoms with Crippen molar-refractivity contribution in [2.45, 2.75) is 82.3 Å². The van der Waals surface area contributed by atoms with Crippen LogP contribution in [0.2, 0.25) is 18.1 Å². The zero-order valence-electron chi connectivity index (χ0n) is 17.1. The first-order valence-corrected chi connectivity index (χ1v) is 13.7. The van der Waals surface area contributed by atoms with Gasteiger partial charge in [-0.2, -0.15) is 0 Å². The molecule has 2 heterocycles. The van der Waals surface area contributed by atoms with E-state index in [4.69, 9.17) is 10.1 Å². The molecule has 2 fully saturated rings. The van der Waals surface area contributed by atoms with Gasteiger partial charge in [-0.15, -0.1) is 11.3 Å². The number of aliphatic hydroxyl groups is 1. The third-order valence-corrected chi connectivity index (χ3v) is 14.7. The lowest BCUT2D eigenvalue weighted by Gasteiger charge is -2.47. The molecule has 1 amide bonds. The van der Waals surface area contributed by atoms with Gasteiger partial charge in [0.25, 0.3) is 0 Å². The van der Waals surface area contributed by atoms with E-state index >= 15 is 0 Å². The number of hydrogen-bond donors (Lipinski definition) is 3. The Hall–Kier alpha value is -0.963. The van der Waals surface area contributed by atoms with E-state index in [1.807, 2.05) is 6.20 Å². The smallest absolute Gasteiger partial charge is 0.404 e. The lowest BCUT2D eigenvalue weighted by Crippen LogP contribution is -2.56. The lowest BCUT2D eigenvalue weighted by atomic mass is 9.82. The van der Waals surface area contributed by atoms with Crippen LogP contribution in [0.15, 0.2) is 6.20 Å². The molecule has 0 atom stereocenters. The molecule has 8 heteroatoms. The normalized spacial score (nSPS) is 26.4. The largest absolute Gasteiger partial charge is 0.465 e. The molecular formula is C19H33N3O3SSi. The molecule has 3 N–H and O–H groups in total. The fourth-order valence-electron chi connectivity index (χ4n) is 3.78. The SMILES string of the molecule is CC(C)(C)[Si](C)(C)c1ncc(C2(O)CCN(C3CC(NC(=O)O)C3)CC2)s1. The summed E-state index contributed by atoms with van der Waals surface area (Å²) in [5.74, 6) is 0. The number of carbonyl (C=O) groups is 1. The summed E-state index contributed by atoms with van der Waals surface area (Å²) in [7, 11) is -1.67. The maximum Gasteiger partial charge on any atom is 0.404 e. The molecule has 3 rings (SSSR count). The van der Waals surface area contributed by atoms with Gasteiger partial charge >= 0.3 is 6.09 Å². The van der Waals surface area contributed by atoms with E-state index in [1.54, 1.807) is 11.3 Å². The van der Waals surface area contributed by atoms with E-state index in [-0.39, 0.29) is 11.1 Å². The highest BCUT2D eigenvalue weighted by atomic mass is 32.1. The summed E-state index contributed by atoms with van der Waals surface area (Å²) in [5, 5.41) is 22.8. The van der Waals surface area contributed by atoms with E-state index in [9.17, 15) is 9.90 Å².